The Labute approximate surface area is 750 Å². The third-order valence-corrected chi connectivity index (χ3v) is 22.7. The van der Waals surface area contributed by atoms with Gasteiger partial charge in [-0.05, 0) is 187 Å². The summed E-state index contributed by atoms with van der Waals surface area (Å²) in [4.78, 5) is 65.0. The van der Waals surface area contributed by atoms with Gasteiger partial charge in [0.1, 0.15) is 68.5 Å². The average molecular weight is 1810 g/mol. The lowest BCUT2D eigenvalue weighted by Gasteiger charge is -2.18. The largest absolute Gasteiger partial charge is 0.323 e. The Morgan fingerprint density at radius 3 is 0.939 bits per heavy atom. The molecule has 10 N–H and O–H groups in total. The number of hydrogen-bond acceptors (Lipinski definition) is 13. The monoisotopic (exact) mass is 1810 g/mol. The van der Waals surface area contributed by atoms with Gasteiger partial charge in [-0.2, -0.15) is 30.8 Å². The number of carbonyl (C=O) groups excluding carboxylic acids is 5. The minimum Gasteiger partial charge on any atom is -0.323 e. The maximum Gasteiger partial charge on any atom is 0.267 e. The maximum atomic E-state index is 14.3. The molecule has 10 aromatic carbocycles. The van der Waals surface area contributed by atoms with E-state index in [2.05, 4.69) is 82.6 Å². The fourth-order valence-electron chi connectivity index (χ4n) is 13.3. The number of rotatable bonds is 19. The number of nitriles is 1. The summed E-state index contributed by atoms with van der Waals surface area (Å²) in [5.74, 6) is -5.45. The van der Waals surface area contributed by atoms with Gasteiger partial charge in [0.2, 0.25) is 23.6 Å². The average Bonchev–Trinajstić information content (AvgIpc) is 1.62. The number of aromatic nitrogens is 11. The number of halogens is 10. The molecule has 19 rings (SSSR count). The van der Waals surface area contributed by atoms with Gasteiger partial charge in [0.15, 0.2) is 0 Å². The summed E-state index contributed by atoms with van der Waals surface area (Å²) in [5, 5.41) is 60.2. The second-order valence-corrected chi connectivity index (χ2v) is 33.7. The summed E-state index contributed by atoms with van der Waals surface area (Å²) in [6.07, 6.45) is 22.5. The molecular weight excluding hydrogens is 1730 g/mol. The number of anilines is 5. The predicted octanol–water partition coefficient (Wildman–Crippen LogP) is 23.3. The lowest BCUT2D eigenvalue weighted by atomic mass is 9.95. The van der Waals surface area contributed by atoms with Crippen LogP contribution in [0.15, 0.2) is 194 Å². The molecule has 5 amide bonds. The molecule has 0 bridgehead atoms. The van der Waals surface area contributed by atoms with Crippen LogP contribution in [0.25, 0.3) is 115 Å². The van der Waals surface area contributed by atoms with E-state index >= 15 is 0 Å². The zero-order valence-electron chi connectivity index (χ0n) is 70.8. The lowest BCUT2D eigenvalue weighted by molar-refractivity contribution is -0.123. The highest BCUT2D eigenvalue weighted by molar-refractivity contribution is 7.11. The van der Waals surface area contributed by atoms with E-state index in [1.807, 2.05) is 19.9 Å². The highest BCUT2D eigenvalue weighted by atomic mass is 32.1. The number of H-pyrrole nitrogens is 5. The maximum absolute atomic E-state index is 14.3. The molecule has 0 radical (unpaired) electrons. The Morgan fingerprint density at radius 1 is 0.402 bits per heavy atom. The van der Waals surface area contributed by atoms with Crippen LogP contribution in [0.5, 0.6) is 0 Å². The Hall–Kier alpha value is -16.0. The van der Waals surface area contributed by atoms with Crippen molar-refractivity contribution < 1.29 is 67.9 Å². The van der Waals surface area contributed by atoms with Crippen molar-refractivity contribution in [3.05, 3.63) is 313 Å². The SMILES string of the molecule is CC(C)(C)C(=O)Nc1cc2c(/C=C/c3ccc(F)cc3)n[nH]c2cc1F.CC1(C(=O)Nc2cc3c(/C=C/c4ccc(F)cc4)n[nH]c3cc2F)CC1.CC1CC1C(=O)Nc1cc2c(/C=C/c3ccc(F)cc3)n[nH]c2cc1F.N#CC1(C(=O)Nc2cc3c(/C=C/c4ccc(F)cc4)n[nH]c3cc2F)CC1.O=C(Nc1cc2c(/C=C/c3ccc(F)cc3)n[nH]c2cc1F)c1cncs1. The zero-order chi connectivity index (χ0) is 93.3. The summed E-state index contributed by atoms with van der Waals surface area (Å²) >= 11 is 1.17. The summed E-state index contributed by atoms with van der Waals surface area (Å²) < 4.78 is 136. The van der Waals surface area contributed by atoms with Crippen LogP contribution in [0, 0.1) is 97.6 Å². The first-order valence-corrected chi connectivity index (χ1v) is 42.1. The van der Waals surface area contributed by atoms with Crippen LogP contribution in [0.1, 0.15) is 133 Å². The number of fused-ring (bicyclic) bond motifs is 5. The fourth-order valence-corrected chi connectivity index (χ4v) is 13.8. The molecule has 16 aromatic rings. The molecule has 3 aliphatic carbocycles. The number of nitrogens with one attached hydrogen (secondary N) is 10. The molecule has 666 valence electrons. The molecule has 0 spiro atoms. The van der Waals surface area contributed by atoms with Crippen molar-refractivity contribution in [1.29, 1.82) is 5.26 Å². The minimum absolute atomic E-state index is 0.00635. The minimum atomic E-state index is -1.04. The summed E-state index contributed by atoms with van der Waals surface area (Å²) in [6.45, 7) is 9.14. The first kappa shape index (κ1) is 90.8. The van der Waals surface area contributed by atoms with Crippen molar-refractivity contribution in [3.8, 4) is 6.07 Å². The number of aromatic amines is 5. The smallest absolute Gasteiger partial charge is 0.267 e. The standard InChI is InChI=1S/C20H14F2N4O.2C20H17F2N3O.C20H19F2N3O.C19H12F2N4OS/c21-13-4-1-12(2-5-13)3-6-16-14-9-18(15(22)10-17(14)26-25-16)24-19(27)20(11-23)7-8-20;1-11-8-14(11)20(26)23-19-9-15-17(24-25-18(15)10-16(19)22)7-4-12-2-5-13(21)6-3-12;1-20(8-9-20)19(26)23-18-10-14-16(24-25-17(14)11-15(18)22)7-4-12-2-5-13(21)6-3-12;1-20(2,3)19(26)23-18-10-14-16(24-25-17(14)11-15(18)22)9-6-12-4-7-13(21)8-5-12;20-12-4-1-11(2-5-12)3-6-15-13-7-17(14(21)8-16(13)25-24-15)23-19(26)18-9-22-10-27-18/h1-6,9-10H,7-8H2,(H,24,27)(H,25,26);2-7,9-11,14H,8H2,1H3,(H,23,26)(H,24,25);2-7,10-11H,8-9H2,1H3,(H,23,26)(H,24,25);4-11H,1-3H3,(H,23,26)(H,24,25);1-10H,(H,23,26)(H,24,25)/b6-3+;2*7-4+;9-6+;6-3+. The molecular formula is C99H79F10N17O5S. The highest BCUT2D eigenvalue weighted by Crippen LogP contribution is 2.47. The van der Waals surface area contributed by atoms with Gasteiger partial charge >= 0.3 is 0 Å². The topological polar surface area (TPSA) is 326 Å². The molecule has 3 aliphatic rings. The Bertz CT molecular complexity index is 7090. The molecule has 0 aliphatic heterocycles. The Kier molecular flexibility index (Phi) is 26.8. The van der Waals surface area contributed by atoms with Crippen molar-refractivity contribution in [3.63, 3.8) is 0 Å². The first-order chi connectivity index (χ1) is 63.3. The van der Waals surface area contributed by atoms with Crippen molar-refractivity contribution in [2.75, 3.05) is 26.6 Å². The number of benzene rings is 10. The van der Waals surface area contributed by atoms with Crippen LogP contribution >= 0.6 is 11.3 Å². The highest BCUT2D eigenvalue weighted by Gasteiger charge is 2.51. The van der Waals surface area contributed by atoms with Crippen LogP contribution < -0.4 is 26.6 Å². The Morgan fingerprint density at radius 2 is 0.682 bits per heavy atom. The van der Waals surface area contributed by atoms with Crippen molar-refractivity contribution >= 4 is 185 Å². The number of amides is 5. The van der Waals surface area contributed by atoms with Crippen molar-refractivity contribution in [2.45, 2.75) is 66.7 Å². The lowest BCUT2D eigenvalue weighted by Crippen LogP contribution is -2.28. The van der Waals surface area contributed by atoms with E-state index in [-0.39, 0.29) is 86.6 Å². The van der Waals surface area contributed by atoms with Gasteiger partial charge in [0, 0.05) is 74.0 Å². The molecule has 2 atom stereocenters. The van der Waals surface area contributed by atoms with Crippen LogP contribution in [0.2, 0.25) is 0 Å². The van der Waals surface area contributed by atoms with Crippen LogP contribution in [0.4, 0.5) is 72.3 Å². The van der Waals surface area contributed by atoms with Gasteiger partial charge in [-0.25, -0.2) is 43.9 Å². The molecule has 6 aromatic heterocycles. The quantitative estimate of drug-likeness (QED) is 0.0338. The van der Waals surface area contributed by atoms with Crippen LogP contribution in [0.3, 0.4) is 0 Å². The molecule has 2 unspecified atom stereocenters. The molecule has 33 heteroatoms. The van der Waals surface area contributed by atoms with Crippen LogP contribution in [-0.4, -0.2) is 85.5 Å². The van der Waals surface area contributed by atoms with Gasteiger partial charge in [-0.3, -0.25) is 54.5 Å². The van der Waals surface area contributed by atoms with E-state index in [0.29, 0.717) is 107 Å². The van der Waals surface area contributed by atoms with Gasteiger partial charge in [-0.15, -0.1) is 11.3 Å². The van der Waals surface area contributed by atoms with Gasteiger partial charge in [0.25, 0.3) is 5.91 Å². The van der Waals surface area contributed by atoms with E-state index in [1.165, 1.54) is 126 Å². The summed E-state index contributed by atoms with van der Waals surface area (Å²) in [7, 11) is 0. The van der Waals surface area contributed by atoms with Crippen LogP contribution in [-0.2, 0) is 19.2 Å². The summed E-state index contributed by atoms with van der Waals surface area (Å²) in [5.41, 5.74) is 9.49. The molecule has 132 heavy (non-hydrogen) atoms. The number of nitrogens with zero attached hydrogens (tertiary/aromatic N) is 7. The number of thiazole rings is 1. The molecule has 22 nitrogen and oxygen atoms in total. The third kappa shape index (κ3) is 22.2. The number of hydrogen-bond donors (Lipinski definition) is 10. The van der Waals surface area contributed by atoms with E-state index in [4.69, 9.17) is 5.26 Å². The first-order valence-electron chi connectivity index (χ1n) is 41.2. The molecule has 3 fully saturated rings. The van der Waals surface area contributed by atoms with E-state index < -0.39 is 51.7 Å². The third-order valence-electron chi connectivity index (χ3n) is 21.9. The van der Waals surface area contributed by atoms with Crippen molar-refractivity contribution in [1.82, 2.24) is 56.0 Å². The van der Waals surface area contributed by atoms with E-state index in [9.17, 15) is 67.9 Å². The zero-order valence-corrected chi connectivity index (χ0v) is 71.6. The molecule has 3 saturated carbocycles. The van der Waals surface area contributed by atoms with Crippen molar-refractivity contribution in [2.24, 2.45) is 28.1 Å². The van der Waals surface area contributed by atoms with Gasteiger partial charge in [-0.1, -0.05) is 126 Å². The van der Waals surface area contributed by atoms with Gasteiger partial charge < -0.3 is 26.6 Å². The van der Waals surface area contributed by atoms with E-state index in [0.717, 1.165) is 47.1 Å². The summed E-state index contributed by atoms with van der Waals surface area (Å²) in [6, 6.07) is 46.4. The number of carbonyl (C=O) groups is 5. The molecule has 6 heterocycles. The fraction of sp³-hybridized carbons (Fsp3) is 0.152. The predicted molar refractivity (Wildman–Crippen MR) is 493 cm³/mol. The van der Waals surface area contributed by atoms with Gasteiger partial charge in [0.05, 0.1) is 102 Å². The van der Waals surface area contributed by atoms with E-state index in [1.54, 1.807) is 160 Å². The second-order valence-electron chi connectivity index (χ2n) is 32.9. The molecule has 0 saturated heterocycles. The normalized spacial score (nSPS) is 14.6. The second kappa shape index (κ2) is 38.9. The Balaban J connectivity index is 0.000000126.